The van der Waals surface area contributed by atoms with Gasteiger partial charge >= 0.3 is 0 Å². The van der Waals surface area contributed by atoms with Gasteiger partial charge in [-0.2, -0.15) is 0 Å². The minimum Gasteiger partial charge on any atom is -0.310 e. The highest BCUT2D eigenvalue weighted by molar-refractivity contribution is 9.10. The topological polar surface area (TPSA) is 12.0 Å². The molecule has 0 saturated carbocycles. The molecule has 1 rings (SSSR count). The third-order valence-electron chi connectivity index (χ3n) is 3.25. The third kappa shape index (κ3) is 3.97. The van der Waals surface area contributed by atoms with Crippen molar-refractivity contribution in [2.24, 2.45) is 5.92 Å². The van der Waals surface area contributed by atoms with Crippen LogP contribution in [0.4, 0.5) is 0 Å². The Balaban J connectivity index is 2.99. The van der Waals surface area contributed by atoms with Gasteiger partial charge in [-0.25, -0.2) is 0 Å². The van der Waals surface area contributed by atoms with E-state index < -0.39 is 0 Å². The fourth-order valence-electron chi connectivity index (χ4n) is 2.24. The maximum atomic E-state index is 6.04. The van der Waals surface area contributed by atoms with Crippen LogP contribution in [0.5, 0.6) is 0 Å². The molecule has 0 spiro atoms. The lowest BCUT2D eigenvalue weighted by Gasteiger charge is -2.27. The molecule has 0 aliphatic carbocycles. The maximum absolute atomic E-state index is 6.04. The molecule has 0 aromatic heterocycles. The highest BCUT2D eigenvalue weighted by Crippen LogP contribution is 2.31. The normalized spacial score (nSPS) is 13.1. The van der Waals surface area contributed by atoms with Gasteiger partial charge in [0.25, 0.3) is 0 Å². The van der Waals surface area contributed by atoms with Crippen LogP contribution in [0.2, 0.25) is 5.02 Å². The van der Waals surface area contributed by atoms with E-state index in [4.69, 9.17) is 11.6 Å². The lowest BCUT2D eigenvalue weighted by Crippen LogP contribution is -2.27. The summed E-state index contributed by atoms with van der Waals surface area (Å²) in [6.07, 6.45) is 2.38. The van der Waals surface area contributed by atoms with Crippen molar-refractivity contribution in [2.45, 2.75) is 39.7 Å². The molecule has 1 aromatic rings. The Labute approximate surface area is 118 Å². The standard InChI is InChI=1S/C14H21BrClN/c1-4-10(5-2)14(17-6-3)11-7-8-13(16)12(15)9-11/h7-10,14,17H,4-6H2,1-3H3. The smallest absolute Gasteiger partial charge is 0.0548 e. The van der Waals surface area contributed by atoms with Crippen molar-refractivity contribution in [2.75, 3.05) is 6.54 Å². The molecule has 0 fully saturated rings. The molecule has 0 aliphatic heterocycles. The quantitative estimate of drug-likeness (QED) is 0.761. The zero-order valence-corrected chi connectivity index (χ0v) is 13.1. The van der Waals surface area contributed by atoms with Gasteiger partial charge in [-0.3, -0.25) is 0 Å². The monoisotopic (exact) mass is 317 g/mol. The molecule has 1 unspecified atom stereocenters. The van der Waals surface area contributed by atoms with E-state index in [9.17, 15) is 0 Å². The molecular weight excluding hydrogens is 298 g/mol. The van der Waals surface area contributed by atoms with Crippen LogP contribution in [-0.4, -0.2) is 6.54 Å². The van der Waals surface area contributed by atoms with Crippen molar-refractivity contribution >= 4 is 27.5 Å². The Kier molecular flexibility index (Phi) is 6.53. The molecule has 1 nitrogen and oxygen atoms in total. The molecule has 96 valence electrons. The first-order valence-electron chi connectivity index (χ1n) is 6.32. The second-order valence-corrected chi connectivity index (χ2v) is 5.55. The Morgan fingerprint density at radius 3 is 2.35 bits per heavy atom. The zero-order valence-electron chi connectivity index (χ0n) is 10.8. The van der Waals surface area contributed by atoms with E-state index in [1.165, 1.54) is 18.4 Å². The van der Waals surface area contributed by atoms with Crippen molar-refractivity contribution in [3.05, 3.63) is 33.3 Å². The summed E-state index contributed by atoms with van der Waals surface area (Å²) in [5.41, 5.74) is 1.32. The molecule has 0 radical (unpaired) electrons. The fourth-order valence-corrected chi connectivity index (χ4v) is 2.76. The number of benzene rings is 1. The molecule has 0 aliphatic rings. The van der Waals surface area contributed by atoms with Crippen LogP contribution in [-0.2, 0) is 0 Å². The summed E-state index contributed by atoms with van der Waals surface area (Å²) < 4.78 is 0.977. The van der Waals surface area contributed by atoms with Gasteiger partial charge in [0.05, 0.1) is 5.02 Å². The van der Waals surface area contributed by atoms with Crippen molar-refractivity contribution in [3.8, 4) is 0 Å². The van der Waals surface area contributed by atoms with E-state index in [1.54, 1.807) is 0 Å². The highest BCUT2D eigenvalue weighted by atomic mass is 79.9. The van der Waals surface area contributed by atoms with E-state index in [2.05, 4.69) is 54.2 Å². The van der Waals surface area contributed by atoms with Gasteiger partial charge in [0.2, 0.25) is 0 Å². The summed E-state index contributed by atoms with van der Waals surface area (Å²) >= 11 is 9.54. The Morgan fingerprint density at radius 1 is 1.24 bits per heavy atom. The largest absolute Gasteiger partial charge is 0.310 e. The fraction of sp³-hybridized carbons (Fsp3) is 0.571. The van der Waals surface area contributed by atoms with Crippen LogP contribution in [0.3, 0.4) is 0 Å². The van der Waals surface area contributed by atoms with Crippen LogP contribution in [0, 0.1) is 5.92 Å². The van der Waals surface area contributed by atoms with Crippen LogP contribution in [0.1, 0.15) is 45.2 Å². The predicted molar refractivity (Wildman–Crippen MR) is 79.6 cm³/mol. The summed E-state index contributed by atoms with van der Waals surface area (Å²) in [6.45, 7) is 7.65. The van der Waals surface area contributed by atoms with Crippen molar-refractivity contribution in [1.29, 1.82) is 0 Å². The first-order valence-corrected chi connectivity index (χ1v) is 7.49. The van der Waals surface area contributed by atoms with Crippen LogP contribution < -0.4 is 5.32 Å². The zero-order chi connectivity index (χ0) is 12.8. The van der Waals surface area contributed by atoms with Crippen molar-refractivity contribution in [3.63, 3.8) is 0 Å². The average molecular weight is 319 g/mol. The second kappa shape index (κ2) is 7.40. The molecule has 0 bridgehead atoms. The molecule has 17 heavy (non-hydrogen) atoms. The molecule has 1 atom stereocenters. The molecule has 0 saturated heterocycles. The summed E-state index contributed by atoms with van der Waals surface area (Å²) in [5, 5.41) is 4.36. The van der Waals surface area contributed by atoms with E-state index in [-0.39, 0.29) is 0 Å². The van der Waals surface area contributed by atoms with Crippen LogP contribution >= 0.6 is 27.5 Å². The van der Waals surface area contributed by atoms with Gasteiger partial charge in [-0.1, -0.05) is 51.3 Å². The molecular formula is C14H21BrClN. The number of hydrogen-bond donors (Lipinski definition) is 1. The van der Waals surface area contributed by atoms with Gasteiger partial charge in [0.1, 0.15) is 0 Å². The summed E-state index contributed by atoms with van der Waals surface area (Å²) in [7, 11) is 0. The first-order chi connectivity index (χ1) is 8.13. The highest BCUT2D eigenvalue weighted by Gasteiger charge is 2.19. The van der Waals surface area contributed by atoms with E-state index in [0.717, 1.165) is 16.0 Å². The molecule has 1 N–H and O–H groups in total. The van der Waals surface area contributed by atoms with Gasteiger partial charge in [-0.05, 0) is 46.1 Å². The Hall–Kier alpha value is -0.0500. The predicted octanol–water partition coefficient (Wildman–Crippen LogP) is 5.19. The summed E-state index contributed by atoms with van der Waals surface area (Å²) in [5.74, 6) is 0.669. The lowest BCUT2D eigenvalue weighted by atomic mass is 9.89. The average Bonchev–Trinajstić information content (AvgIpc) is 2.33. The number of halogens is 2. The second-order valence-electron chi connectivity index (χ2n) is 4.29. The summed E-state index contributed by atoms with van der Waals surface area (Å²) in [4.78, 5) is 0. The van der Waals surface area contributed by atoms with Gasteiger partial charge in [0.15, 0.2) is 0 Å². The van der Waals surface area contributed by atoms with E-state index in [1.807, 2.05) is 6.07 Å². The third-order valence-corrected chi connectivity index (χ3v) is 4.46. The Morgan fingerprint density at radius 2 is 1.88 bits per heavy atom. The molecule has 1 aromatic carbocycles. The van der Waals surface area contributed by atoms with Gasteiger partial charge in [-0.15, -0.1) is 0 Å². The molecule has 0 amide bonds. The maximum Gasteiger partial charge on any atom is 0.0548 e. The van der Waals surface area contributed by atoms with Crippen LogP contribution in [0.25, 0.3) is 0 Å². The van der Waals surface area contributed by atoms with Gasteiger partial charge in [0, 0.05) is 10.5 Å². The van der Waals surface area contributed by atoms with E-state index >= 15 is 0 Å². The minimum absolute atomic E-state index is 0.420. The number of nitrogens with one attached hydrogen (secondary N) is 1. The van der Waals surface area contributed by atoms with Crippen LogP contribution in [0.15, 0.2) is 22.7 Å². The number of hydrogen-bond acceptors (Lipinski definition) is 1. The lowest BCUT2D eigenvalue weighted by molar-refractivity contribution is 0.346. The SMILES string of the molecule is CCNC(c1ccc(Cl)c(Br)c1)C(CC)CC. The Bertz CT molecular complexity index is 350. The minimum atomic E-state index is 0.420. The summed E-state index contributed by atoms with van der Waals surface area (Å²) in [6, 6.07) is 6.64. The van der Waals surface area contributed by atoms with Crippen molar-refractivity contribution < 1.29 is 0 Å². The van der Waals surface area contributed by atoms with Gasteiger partial charge < -0.3 is 5.32 Å². The molecule has 3 heteroatoms. The first kappa shape index (κ1) is 15.0. The van der Waals surface area contributed by atoms with Crippen molar-refractivity contribution in [1.82, 2.24) is 5.32 Å². The van der Waals surface area contributed by atoms with E-state index in [0.29, 0.717) is 12.0 Å². The molecule has 0 heterocycles. The number of rotatable bonds is 6.